The van der Waals surface area contributed by atoms with Crippen molar-refractivity contribution in [2.45, 2.75) is 44.9 Å². The lowest BCUT2D eigenvalue weighted by atomic mass is 9.86. The van der Waals surface area contributed by atoms with Crippen LogP contribution in [0.25, 0.3) is 0 Å². The second-order valence-corrected chi connectivity index (χ2v) is 8.60. The molecule has 2 N–H and O–H groups in total. The quantitative estimate of drug-likeness (QED) is 0.809. The highest BCUT2D eigenvalue weighted by molar-refractivity contribution is 5.94. The van der Waals surface area contributed by atoms with E-state index in [1.807, 2.05) is 29.2 Å². The molecule has 7 nitrogen and oxygen atoms in total. The van der Waals surface area contributed by atoms with Gasteiger partial charge in [-0.2, -0.15) is 5.10 Å². The van der Waals surface area contributed by atoms with Gasteiger partial charge in [-0.25, -0.2) is 0 Å². The number of nitrogens with zero attached hydrogens (tertiary/aromatic N) is 2. The minimum absolute atomic E-state index is 0.00947. The Hall–Kier alpha value is -2.67. The molecular formula is C22H30N4O3. The monoisotopic (exact) mass is 398 g/mol. The Balaban J connectivity index is 1.70. The Morgan fingerprint density at radius 3 is 2.66 bits per heavy atom. The molecule has 1 saturated heterocycles. The lowest BCUT2D eigenvalue weighted by Gasteiger charge is -2.33. The third-order valence-electron chi connectivity index (χ3n) is 5.33. The van der Waals surface area contributed by atoms with Gasteiger partial charge in [-0.3, -0.25) is 14.7 Å². The van der Waals surface area contributed by atoms with Crippen molar-refractivity contribution < 1.29 is 14.3 Å². The van der Waals surface area contributed by atoms with E-state index in [1.54, 1.807) is 6.20 Å². The number of rotatable bonds is 5. The van der Waals surface area contributed by atoms with Crippen LogP contribution in [0.15, 0.2) is 30.5 Å². The van der Waals surface area contributed by atoms with E-state index >= 15 is 0 Å². The maximum atomic E-state index is 13.0. The van der Waals surface area contributed by atoms with Crippen molar-refractivity contribution in [1.29, 1.82) is 0 Å². The van der Waals surface area contributed by atoms with Crippen molar-refractivity contribution in [1.82, 2.24) is 15.1 Å². The number of hydrogen-bond donors (Lipinski definition) is 2. The molecule has 1 fully saturated rings. The summed E-state index contributed by atoms with van der Waals surface area (Å²) in [6.45, 7) is 7.79. The van der Waals surface area contributed by atoms with E-state index in [1.165, 1.54) is 12.7 Å². The lowest BCUT2D eigenvalue weighted by molar-refractivity contribution is -0.119. The van der Waals surface area contributed by atoms with Crippen molar-refractivity contribution in [2.75, 3.05) is 32.1 Å². The van der Waals surface area contributed by atoms with Crippen molar-refractivity contribution in [2.24, 2.45) is 0 Å². The molecule has 2 amide bonds. The Labute approximate surface area is 171 Å². The number of carbonyl (C=O) groups excluding carboxylic acids is 2. The van der Waals surface area contributed by atoms with Gasteiger partial charge in [-0.05, 0) is 36.0 Å². The first kappa shape index (κ1) is 21.0. The summed E-state index contributed by atoms with van der Waals surface area (Å²) in [6.07, 6.45) is 3.44. The van der Waals surface area contributed by atoms with Gasteiger partial charge in [-0.1, -0.05) is 32.9 Å². The van der Waals surface area contributed by atoms with Crippen molar-refractivity contribution >= 4 is 17.5 Å². The third kappa shape index (κ3) is 5.03. The largest absolute Gasteiger partial charge is 0.375 e. The van der Waals surface area contributed by atoms with E-state index in [4.69, 9.17) is 4.74 Å². The Morgan fingerprint density at radius 2 is 2.00 bits per heavy atom. The fourth-order valence-electron chi connectivity index (χ4n) is 3.72. The summed E-state index contributed by atoms with van der Waals surface area (Å²) in [5, 5.41) is 9.91. The number of aromatic amines is 1. The van der Waals surface area contributed by atoms with Crippen LogP contribution >= 0.6 is 0 Å². The zero-order chi connectivity index (χ0) is 21.0. The number of ether oxygens (including phenoxy) is 1. The minimum Gasteiger partial charge on any atom is -0.375 e. The number of carbonyl (C=O) groups is 2. The van der Waals surface area contributed by atoms with E-state index in [9.17, 15) is 9.59 Å². The molecule has 1 atom stereocenters. The maximum Gasteiger partial charge on any atom is 0.253 e. The fraction of sp³-hybridized carbons (Fsp3) is 0.500. The van der Waals surface area contributed by atoms with Crippen molar-refractivity contribution in [3.8, 4) is 0 Å². The Morgan fingerprint density at radius 1 is 1.28 bits per heavy atom. The number of nitrogens with one attached hydrogen (secondary N) is 2. The van der Waals surface area contributed by atoms with E-state index in [0.29, 0.717) is 17.8 Å². The first-order chi connectivity index (χ1) is 13.8. The number of anilines is 1. The van der Waals surface area contributed by atoms with Gasteiger partial charge in [0.1, 0.15) is 6.61 Å². The highest BCUT2D eigenvalue weighted by Gasteiger charge is 2.28. The summed E-state index contributed by atoms with van der Waals surface area (Å²) in [5.74, 6) is -0.0839. The zero-order valence-electron chi connectivity index (χ0n) is 17.6. The van der Waals surface area contributed by atoms with Crippen LogP contribution in [0.1, 0.15) is 61.1 Å². The minimum atomic E-state index is -0.224. The van der Waals surface area contributed by atoms with Crippen molar-refractivity contribution in [3.63, 3.8) is 0 Å². The van der Waals surface area contributed by atoms with Crippen LogP contribution in [-0.4, -0.2) is 53.7 Å². The molecular weight excluding hydrogens is 368 g/mol. The first-order valence-electron chi connectivity index (χ1n) is 10.0. The molecule has 7 heteroatoms. The van der Waals surface area contributed by atoms with Gasteiger partial charge in [0.05, 0.1) is 17.6 Å². The Bertz CT molecular complexity index is 852. The third-order valence-corrected chi connectivity index (χ3v) is 5.33. The number of piperidine rings is 1. The molecule has 0 aliphatic carbocycles. The van der Waals surface area contributed by atoms with Crippen LogP contribution in [0, 0.1) is 0 Å². The van der Waals surface area contributed by atoms with Crippen LogP contribution in [0.3, 0.4) is 0 Å². The summed E-state index contributed by atoms with van der Waals surface area (Å²) >= 11 is 0. The molecule has 1 aliphatic rings. The smallest absolute Gasteiger partial charge is 0.253 e. The molecule has 2 heterocycles. The summed E-state index contributed by atoms with van der Waals surface area (Å²) in [7, 11) is 1.48. The number of hydrogen-bond acceptors (Lipinski definition) is 4. The summed E-state index contributed by atoms with van der Waals surface area (Å²) < 4.78 is 4.87. The normalized spacial score (nSPS) is 17.2. The van der Waals surface area contributed by atoms with Crippen LogP contribution in [-0.2, 0) is 14.9 Å². The summed E-state index contributed by atoms with van der Waals surface area (Å²) in [4.78, 5) is 26.8. The topological polar surface area (TPSA) is 87.3 Å². The molecule has 0 bridgehead atoms. The average molecular weight is 399 g/mol. The van der Waals surface area contributed by atoms with E-state index in [0.717, 1.165) is 25.1 Å². The summed E-state index contributed by atoms with van der Waals surface area (Å²) in [5.41, 5.74) is 3.48. The molecule has 29 heavy (non-hydrogen) atoms. The first-order valence-corrected chi connectivity index (χ1v) is 10.0. The standard InChI is InChI=1S/C22H30N4O3/c1-22(2,3)17-9-7-15(8-10-17)21(28)26-11-5-6-16(13-26)20-18(12-23-25-20)24-19(27)14-29-4/h7-10,12,16H,5-6,11,13-14H2,1-4H3,(H,23,25)(H,24,27)/t16-/m0/s1. The van der Waals surface area contributed by atoms with Gasteiger partial charge in [0.25, 0.3) is 5.91 Å². The van der Waals surface area contributed by atoms with E-state index in [-0.39, 0.29) is 29.8 Å². The second-order valence-electron chi connectivity index (χ2n) is 8.60. The molecule has 1 aromatic heterocycles. The van der Waals surface area contributed by atoms with E-state index < -0.39 is 0 Å². The predicted molar refractivity (Wildman–Crippen MR) is 112 cm³/mol. The van der Waals surface area contributed by atoms with Gasteiger partial charge < -0.3 is 15.0 Å². The number of methoxy groups -OCH3 is 1. The molecule has 0 spiro atoms. The summed E-state index contributed by atoms with van der Waals surface area (Å²) in [6, 6.07) is 7.90. The predicted octanol–water partition coefficient (Wildman–Crippen LogP) is 3.31. The number of aromatic nitrogens is 2. The maximum absolute atomic E-state index is 13.0. The van der Waals surface area contributed by atoms with Gasteiger partial charge in [0.15, 0.2) is 0 Å². The SMILES string of the molecule is COCC(=O)Nc1cn[nH]c1[C@H]1CCCN(C(=O)c2ccc(C(C)(C)C)cc2)C1. The van der Waals surface area contributed by atoms with Crippen LogP contribution in [0.5, 0.6) is 0 Å². The number of amides is 2. The number of likely N-dealkylation sites (tertiary alicyclic amines) is 1. The van der Waals surface area contributed by atoms with Gasteiger partial charge >= 0.3 is 0 Å². The van der Waals surface area contributed by atoms with Crippen molar-refractivity contribution in [3.05, 3.63) is 47.3 Å². The molecule has 1 aliphatic heterocycles. The van der Waals surface area contributed by atoms with Crippen LogP contribution in [0.2, 0.25) is 0 Å². The fourth-order valence-corrected chi connectivity index (χ4v) is 3.72. The van der Waals surface area contributed by atoms with E-state index in [2.05, 4.69) is 36.3 Å². The average Bonchev–Trinajstić information content (AvgIpc) is 3.15. The molecule has 0 radical (unpaired) electrons. The molecule has 0 unspecified atom stereocenters. The zero-order valence-corrected chi connectivity index (χ0v) is 17.6. The molecule has 2 aromatic rings. The van der Waals surface area contributed by atoms with Crippen LogP contribution < -0.4 is 5.32 Å². The Kier molecular flexibility index (Phi) is 6.37. The van der Waals surface area contributed by atoms with Gasteiger partial charge in [-0.15, -0.1) is 0 Å². The molecule has 0 saturated carbocycles. The van der Waals surface area contributed by atoms with Gasteiger partial charge in [0, 0.05) is 31.7 Å². The lowest BCUT2D eigenvalue weighted by Crippen LogP contribution is -2.39. The van der Waals surface area contributed by atoms with Gasteiger partial charge in [0.2, 0.25) is 5.91 Å². The highest BCUT2D eigenvalue weighted by Crippen LogP contribution is 2.31. The molecule has 3 rings (SSSR count). The second kappa shape index (κ2) is 8.78. The molecule has 156 valence electrons. The molecule has 1 aromatic carbocycles. The highest BCUT2D eigenvalue weighted by atomic mass is 16.5. The number of H-pyrrole nitrogens is 1. The van der Waals surface area contributed by atoms with Crippen LogP contribution in [0.4, 0.5) is 5.69 Å². The number of benzene rings is 1.